The van der Waals surface area contributed by atoms with Crippen molar-refractivity contribution in [2.75, 3.05) is 5.32 Å². The molecule has 0 radical (unpaired) electrons. The van der Waals surface area contributed by atoms with Crippen LogP contribution >= 0.6 is 0 Å². The van der Waals surface area contributed by atoms with Gasteiger partial charge in [-0.1, -0.05) is 12.1 Å². The number of hydrogen-bond acceptors (Lipinski definition) is 2. The maximum absolute atomic E-state index is 12.7. The fourth-order valence-corrected chi connectivity index (χ4v) is 1.71. The molecule has 1 aliphatic rings. The topological polar surface area (TPSA) is 49.3 Å². The lowest BCUT2D eigenvalue weighted by molar-refractivity contribution is -0.137. The summed E-state index contributed by atoms with van der Waals surface area (Å²) in [6.45, 7) is 0. The Hall–Kier alpha value is -1.98. The van der Waals surface area contributed by atoms with Crippen molar-refractivity contribution in [2.24, 2.45) is 0 Å². The van der Waals surface area contributed by atoms with E-state index in [1.54, 1.807) is 0 Å². The number of para-hydroxylation sites is 1. The average Bonchev–Trinajstić information content (AvgIpc) is 2.26. The molecule has 1 aromatic carbocycles. The highest BCUT2D eigenvalue weighted by Gasteiger charge is 2.35. The van der Waals surface area contributed by atoms with E-state index in [9.17, 15) is 18.0 Å². The van der Waals surface area contributed by atoms with Gasteiger partial charge in [0.25, 0.3) is 0 Å². The Balaban J connectivity index is 2.45. The number of benzene rings is 1. The van der Waals surface area contributed by atoms with E-state index in [-0.39, 0.29) is 17.7 Å². The van der Waals surface area contributed by atoms with Crippen molar-refractivity contribution < 1.29 is 23.1 Å². The Kier molecular flexibility index (Phi) is 2.57. The molecule has 0 aliphatic carbocycles. The third kappa shape index (κ3) is 2.11. The molecule has 0 saturated carbocycles. The van der Waals surface area contributed by atoms with Gasteiger partial charge in [-0.2, -0.15) is 13.2 Å². The van der Waals surface area contributed by atoms with Gasteiger partial charge in [-0.05, 0) is 11.6 Å². The molecule has 2 N–H and O–H groups in total. The Bertz CT molecular complexity index is 506. The SMILES string of the molecule is O=C(O)C1=CNc2c(cccc2C(F)(F)F)C1. The van der Waals surface area contributed by atoms with Gasteiger partial charge < -0.3 is 10.4 Å². The predicted octanol–water partition coefficient (Wildman–Crippen LogP) is 2.64. The molecule has 1 aromatic rings. The standard InChI is InChI=1S/C11H8F3NO2/c12-11(13,14)8-3-1-2-6-4-7(10(16)17)5-15-9(6)8/h1-3,5,15H,4H2,(H,16,17). The van der Waals surface area contributed by atoms with Gasteiger partial charge in [0.2, 0.25) is 0 Å². The van der Waals surface area contributed by atoms with Crippen LogP contribution in [-0.2, 0) is 17.4 Å². The minimum absolute atomic E-state index is 0.0123. The van der Waals surface area contributed by atoms with Crippen molar-refractivity contribution in [1.82, 2.24) is 0 Å². The Morgan fingerprint density at radius 1 is 1.35 bits per heavy atom. The zero-order valence-electron chi connectivity index (χ0n) is 8.51. The number of alkyl halides is 3. The van der Waals surface area contributed by atoms with Gasteiger partial charge >= 0.3 is 12.1 Å². The number of carboxylic acid groups (broad SMARTS) is 1. The number of rotatable bonds is 1. The van der Waals surface area contributed by atoms with E-state index in [0.717, 1.165) is 12.3 Å². The lowest BCUT2D eigenvalue weighted by atomic mass is 9.97. The zero-order chi connectivity index (χ0) is 12.6. The van der Waals surface area contributed by atoms with E-state index in [1.165, 1.54) is 12.1 Å². The van der Waals surface area contributed by atoms with Crippen LogP contribution in [0.15, 0.2) is 30.0 Å². The molecule has 0 atom stereocenters. The van der Waals surface area contributed by atoms with E-state index in [2.05, 4.69) is 5.32 Å². The minimum Gasteiger partial charge on any atom is -0.478 e. The highest BCUT2D eigenvalue weighted by atomic mass is 19.4. The van der Waals surface area contributed by atoms with E-state index in [0.29, 0.717) is 5.56 Å². The van der Waals surface area contributed by atoms with Gasteiger partial charge in [0, 0.05) is 12.6 Å². The first-order valence-corrected chi connectivity index (χ1v) is 4.77. The minimum atomic E-state index is -4.45. The summed E-state index contributed by atoms with van der Waals surface area (Å²) in [5.74, 6) is -1.14. The number of carbonyl (C=O) groups is 1. The molecule has 0 fully saturated rings. The maximum Gasteiger partial charge on any atom is 0.418 e. The molecule has 1 aliphatic heterocycles. The molecule has 90 valence electrons. The first-order chi connectivity index (χ1) is 7.89. The highest BCUT2D eigenvalue weighted by molar-refractivity contribution is 5.89. The van der Waals surface area contributed by atoms with Crippen molar-refractivity contribution in [3.63, 3.8) is 0 Å². The van der Waals surface area contributed by atoms with Crippen molar-refractivity contribution in [1.29, 1.82) is 0 Å². The summed E-state index contributed by atoms with van der Waals surface area (Å²) in [6.07, 6.45) is -3.37. The third-order valence-electron chi connectivity index (χ3n) is 2.50. The Morgan fingerprint density at radius 2 is 2.06 bits per heavy atom. The van der Waals surface area contributed by atoms with Gasteiger partial charge in [-0.15, -0.1) is 0 Å². The highest BCUT2D eigenvalue weighted by Crippen LogP contribution is 2.38. The molecular formula is C11H8F3NO2. The van der Waals surface area contributed by atoms with Gasteiger partial charge in [0.1, 0.15) is 0 Å². The second-order valence-electron chi connectivity index (χ2n) is 3.63. The average molecular weight is 243 g/mol. The van der Waals surface area contributed by atoms with Crippen LogP contribution in [0.3, 0.4) is 0 Å². The van der Waals surface area contributed by atoms with Gasteiger partial charge in [-0.25, -0.2) is 4.79 Å². The van der Waals surface area contributed by atoms with Gasteiger partial charge in [0.15, 0.2) is 0 Å². The molecule has 0 unspecified atom stereocenters. The first-order valence-electron chi connectivity index (χ1n) is 4.77. The van der Waals surface area contributed by atoms with Crippen LogP contribution in [0, 0.1) is 0 Å². The smallest absolute Gasteiger partial charge is 0.418 e. The fraction of sp³-hybridized carbons (Fsp3) is 0.182. The van der Waals surface area contributed by atoms with Crippen molar-refractivity contribution in [3.05, 3.63) is 41.1 Å². The second kappa shape index (κ2) is 3.80. The predicted molar refractivity (Wildman–Crippen MR) is 54.5 cm³/mol. The summed E-state index contributed by atoms with van der Waals surface area (Å²) < 4.78 is 38.0. The molecule has 6 heteroatoms. The number of aliphatic carboxylic acids is 1. The molecule has 3 nitrogen and oxygen atoms in total. The monoisotopic (exact) mass is 243 g/mol. The number of carboxylic acids is 1. The summed E-state index contributed by atoms with van der Waals surface area (Å²) in [5, 5.41) is 11.2. The van der Waals surface area contributed by atoms with Gasteiger partial charge in [0.05, 0.1) is 16.8 Å². The zero-order valence-corrected chi connectivity index (χ0v) is 8.51. The largest absolute Gasteiger partial charge is 0.478 e. The Labute approximate surface area is 94.6 Å². The van der Waals surface area contributed by atoms with Crippen molar-refractivity contribution in [3.8, 4) is 0 Å². The quantitative estimate of drug-likeness (QED) is 0.797. The van der Waals surface area contributed by atoms with Crippen LogP contribution < -0.4 is 5.32 Å². The normalized spacial score (nSPS) is 14.6. The van der Waals surface area contributed by atoms with E-state index >= 15 is 0 Å². The molecule has 0 amide bonds. The molecular weight excluding hydrogens is 235 g/mol. The number of halogens is 3. The van der Waals surface area contributed by atoms with Crippen LogP contribution in [0.2, 0.25) is 0 Å². The lowest BCUT2D eigenvalue weighted by Crippen LogP contribution is -2.16. The van der Waals surface area contributed by atoms with E-state index in [1.807, 2.05) is 0 Å². The van der Waals surface area contributed by atoms with Crippen LogP contribution in [0.25, 0.3) is 0 Å². The number of nitrogens with one attached hydrogen (secondary N) is 1. The summed E-state index contributed by atoms with van der Waals surface area (Å²) in [6, 6.07) is 3.72. The summed E-state index contributed by atoms with van der Waals surface area (Å²) >= 11 is 0. The molecule has 0 saturated heterocycles. The van der Waals surface area contributed by atoms with Crippen molar-refractivity contribution >= 4 is 11.7 Å². The first kappa shape index (κ1) is 11.5. The lowest BCUT2D eigenvalue weighted by Gasteiger charge is -2.20. The summed E-state index contributed by atoms with van der Waals surface area (Å²) in [4.78, 5) is 10.7. The molecule has 0 bridgehead atoms. The van der Waals surface area contributed by atoms with Crippen LogP contribution in [0.1, 0.15) is 11.1 Å². The maximum atomic E-state index is 12.7. The molecule has 1 heterocycles. The van der Waals surface area contributed by atoms with E-state index < -0.39 is 17.7 Å². The van der Waals surface area contributed by atoms with Crippen molar-refractivity contribution in [2.45, 2.75) is 12.6 Å². The summed E-state index contributed by atoms with van der Waals surface area (Å²) in [5.41, 5.74) is -0.475. The number of fused-ring (bicyclic) bond motifs is 1. The van der Waals surface area contributed by atoms with Crippen LogP contribution in [0.5, 0.6) is 0 Å². The molecule has 2 rings (SSSR count). The van der Waals surface area contributed by atoms with Crippen LogP contribution in [0.4, 0.5) is 18.9 Å². The molecule has 17 heavy (non-hydrogen) atoms. The van der Waals surface area contributed by atoms with Gasteiger partial charge in [-0.3, -0.25) is 0 Å². The second-order valence-corrected chi connectivity index (χ2v) is 3.63. The Morgan fingerprint density at radius 3 is 2.65 bits per heavy atom. The van der Waals surface area contributed by atoms with E-state index in [4.69, 9.17) is 5.11 Å². The number of anilines is 1. The summed E-state index contributed by atoms with van der Waals surface area (Å²) in [7, 11) is 0. The third-order valence-corrected chi connectivity index (χ3v) is 2.50. The van der Waals surface area contributed by atoms with Crippen LogP contribution in [-0.4, -0.2) is 11.1 Å². The fourth-order valence-electron chi connectivity index (χ4n) is 1.71. The molecule has 0 aromatic heterocycles. The number of hydrogen-bond donors (Lipinski definition) is 2. The molecule has 0 spiro atoms.